The molecule has 11 heavy (non-hydrogen) atoms. The van der Waals surface area contributed by atoms with Crippen LogP contribution in [0.5, 0.6) is 0 Å². The van der Waals surface area contributed by atoms with Crippen molar-refractivity contribution in [3.63, 3.8) is 0 Å². The lowest BCUT2D eigenvalue weighted by atomic mass is 10.5. The molecular weight excluding hydrogens is 170 g/mol. The number of hydrogen-bond donors (Lipinski definition) is 0. The smallest absolute Gasteiger partial charge is 0.343 e. The summed E-state index contributed by atoms with van der Waals surface area (Å²) < 4.78 is 33.9. The van der Waals surface area contributed by atoms with Crippen molar-refractivity contribution in [1.29, 1.82) is 0 Å². The van der Waals surface area contributed by atoms with Crippen LogP contribution in [0.2, 0.25) is 0 Å². The van der Waals surface area contributed by atoms with Gasteiger partial charge in [0.1, 0.15) is 0 Å². The van der Waals surface area contributed by atoms with E-state index in [-0.39, 0.29) is 0 Å². The highest BCUT2D eigenvalue weighted by atomic mass is 28.5. The van der Waals surface area contributed by atoms with Crippen LogP contribution in [-0.4, -0.2) is 21.4 Å². The molecule has 0 radical (unpaired) electrons. The maximum Gasteiger partial charge on any atom is 0.761 e. The Bertz CT molecular complexity index is 105. The highest BCUT2D eigenvalue weighted by Crippen LogP contribution is 2.15. The van der Waals surface area contributed by atoms with Gasteiger partial charge in [-0.25, -0.2) is 8.22 Å². The van der Waals surface area contributed by atoms with Gasteiger partial charge >= 0.3 is 9.23 Å². The van der Waals surface area contributed by atoms with Gasteiger partial charge in [0, 0.05) is 12.2 Å². The van der Waals surface area contributed by atoms with E-state index in [0.29, 0.717) is 0 Å². The van der Waals surface area contributed by atoms with Crippen LogP contribution in [-0.2, 0) is 8.85 Å². The van der Waals surface area contributed by atoms with E-state index < -0.39 is 21.4 Å². The highest BCUT2D eigenvalue weighted by Gasteiger charge is 2.45. The Morgan fingerprint density at radius 1 is 0.909 bits per heavy atom. The van der Waals surface area contributed by atoms with E-state index in [9.17, 15) is 8.22 Å². The van der Waals surface area contributed by atoms with Crippen LogP contribution in [0.4, 0.5) is 8.22 Å². The van der Waals surface area contributed by atoms with Crippen molar-refractivity contribution in [2.45, 2.75) is 39.9 Å². The summed E-state index contributed by atoms with van der Waals surface area (Å²) in [4.78, 5) is 0. The summed E-state index contributed by atoms with van der Waals surface area (Å²) in [6.45, 7) is 6.24. The molecule has 0 atom stereocenters. The molecular formula is C6H14F2O2Si. The molecule has 0 amide bonds. The van der Waals surface area contributed by atoms with Gasteiger partial charge in [0.2, 0.25) is 0 Å². The van der Waals surface area contributed by atoms with Crippen molar-refractivity contribution in [2.24, 2.45) is 0 Å². The van der Waals surface area contributed by atoms with Crippen LogP contribution in [0.3, 0.4) is 0 Å². The van der Waals surface area contributed by atoms with Crippen LogP contribution in [0.25, 0.3) is 0 Å². The molecule has 2 nitrogen and oxygen atoms in total. The SMILES string of the molecule is CC(C)O[Si](F)(F)OC(C)C. The summed E-state index contributed by atoms with van der Waals surface area (Å²) >= 11 is 0. The number of hydrogen-bond acceptors (Lipinski definition) is 2. The van der Waals surface area contributed by atoms with E-state index in [1.807, 2.05) is 0 Å². The van der Waals surface area contributed by atoms with Crippen molar-refractivity contribution in [3.8, 4) is 0 Å². The van der Waals surface area contributed by atoms with Gasteiger partial charge in [-0.3, -0.25) is 0 Å². The molecule has 0 saturated carbocycles. The van der Waals surface area contributed by atoms with Gasteiger partial charge in [0.15, 0.2) is 0 Å². The predicted octanol–water partition coefficient (Wildman–Crippen LogP) is 2.21. The highest BCUT2D eigenvalue weighted by molar-refractivity contribution is 6.52. The van der Waals surface area contributed by atoms with Crippen LogP contribution >= 0.6 is 0 Å². The first-order valence-corrected chi connectivity index (χ1v) is 5.14. The third-order valence-electron chi connectivity index (χ3n) is 0.746. The summed E-state index contributed by atoms with van der Waals surface area (Å²) in [5.41, 5.74) is 0. The minimum absolute atomic E-state index is 0.476. The van der Waals surface area contributed by atoms with Gasteiger partial charge in [0.05, 0.1) is 0 Å². The molecule has 0 aromatic carbocycles. The van der Waals surface area contributed by atoms with Crippen molar-refractivity contribution >= 4 is 9.23 Å². The Labute approximate surface area is 67.1 Å². The summed E-state index contributed by atoms with van der Waals surface area (Å²) in [7, 11) is -4.83. The maximum atomic E-state index is 12.6. The first-order valence-electron chi connectivity index (χ1n) is 3.57. The lowest BCUT2D eigenvalue weighted by Gasteiger charge is -2.17. The summed E-state index contributed by atoms with van der Waals surface area (Å²) in [5, 5.41) is 0. The third-order valence-corrected chi connectivity index (χ3v) is 2.24. The summed E-state index contributed by atoms with van der Waals surface area (Å²) in [6.07, 6.45) is -0.953. The fraction of sp³-hybridized carbons (Fsp3) is 1.00. The second-order valence-electron chi connectivity index (χ2n) is 2.80. The van der Waals surface area contributed by atoms with E-state index in [1.165, 1.54) is 0 Å². The van der Waals surface area contributed by atoms with E-state index >= 15 is 0 Å². The zero-order valence-corrected chi connectivity index (χ0v) is 8.23. The zero-order valence-electron chi connectivity index (χ0n) is 7.23. The normalized spacial score (nSPS) is 13.1. The van der Waals surface area contributed by atoms with Crippen LogP contribution in [0.1, 0.15) is 27.7 Å². The molecule has 0 aliphatic rings. The molecule has 0 aromatic rings. The molecule has 5 heteroatoms. The van der Waals surface area contributed by atoms with Gasteiger partial charge in [-0.05, 0) is 27.7 Å². The van der Waals surface area contributed by atoms with Crippen molar-refractivity contribution in [3.05, 3.63) is 0 Å². The molecule has 0 fully saturated rings. The fourth-order valence-corrected chi connectivity index (χ4v) is 1.73. The van der Waals surface area contributed by atoms with Crippen LogP contribution in [0.15, 0.2) is 0 Å². The van der Waals surface area contributed by atoms with Gasteiger partial charge in [-0.1, -0.05) is 0 Å². The Kier molecular flexibility index (Phi) is 4.13. The zero-order chi connectivity index (χ0) is 9.07. The number of rotatable bonds is 4. The molecule has 0 aliphatic carbocycles. The van der Waals surface area contributed by atoms with Crippen molar-refractivity contribution < 1.29 is 17.1 Å². The summed E-state index contributed by atoms with van der Waals surface area (Å²) in [6, 6.07) is 0. The van der Waals surface area contributed by atoms with Crippen LogP contribution < -0.4 is 0 Å². The molecule has 68 valence electrons. The maximum absolute atomic E-state index is 12.6. The third kappa shape index (κ3) is 6.40. The second-order valence-corrected chi connectivity index (χ2v) is 4.19. The van der Waals surface area contributed by atoms with Crippen LogP contribution in [0, 0.1) is 0 Å². The largest absolute Gasteiger partial charge is 0.761 e. The fourth-order valence-electron chi connectivity index (χ4n) is 0.577. The first-order chi connectivity index (χ1) is 4.83. The molecule has 0 spiro atoms. The van der Waals surface area contributed by atoms with Gasteiger partial charge < -0.3 is 8.85 Å². The van der Waals surface area contributed by atoms with E-state index in [1.54, 1.807) is 27.7 Å². The van der Waals surface area contributed by atoms with Gasteiger partial charge in [0.25, 0.3) is 0 Å². The molecule has 0 heterocycles. The molecule has 0 rings (SSSR count). The first kappa shape index (κ1) is 11.0. The quantitative estimate of drug-likeness (QED) is 0.492. The molecule has 0 N–H and O–H groups in total. The average molecular weight is 184 g/mol. The monoisotopic (exact) mass is 184 g/mol. The van der Waals surface area contributed by atoms with Gasteiger partial charge in [-0.15, -0.1) is 0 Å². The minimum Gasteiger partial charge on any atom is -0.343 e. The molecule has 0 aliphatic heterocycles. The standard InChI is InChI=1S/C6H14F2O2Si/c1-5(2)9-11(7,8)10-6(3)4/h5-6H,1-4H3. The van der Waals surface area contributed by atoms with E-state index in [0.717, 1.165) is 0 Å². The van der Waals surface area contributed by atoms with Crippen molar-refractivity contribution in [2.75, 3.05) is 0 Å². The Hall–Kier alpha value is -0.00312. The second kappa shape index (κ2) is 4.13. The van der Waals surface area contributed by atoms with E-state index in [2.05, 4.69) is 8.85 Å². The lowest BCUT2D eigenvalue weighted by Crippen LogP contribution is -2.37. The average Bonchev–Trinajstić information content (AvgIpc) is 1.53. The molecule has 0 aromatic heterocycles. The van der Waals surface area contributed by atoms with E-state index in [4.69, 9.17) is 0 Å². The topological polar surface area (TPSA) is 18.5 Å². The predicted molar refractivity (Wildman–Crippen MR) is 40.4 cm³/mol. The number of halogens is 2. The molecule has 0 unspecified atom stereocenters. The van der Waals surface area contributed by atoms with Crippen molar-refractivity contribution in [1.82, 2.24) is 0 Å². The lowest BCUT2D eigenvalue weighted by molar-refractivity contribution is 0.0377. The Balaban J connectivity index is 3.79. The van der Waals surface area contributed by atoms with Gasteiger partial charge in [-0.2, -0.15) is 0 Å². The Morgan fingerprint density at radius 3 is 1.36 bits per heavy atom. The Morgan fingerprint density at radius 2 is 1.18 bits per heavy atom. The summed E-state index contributed by atoms with van der Waals surface area (Å²) in [5.74, 6) is 0. The molecule has 0 saturated heterocycles. The minimum atomic E-state index is -4.83. The molecule has 0 bridgehead atoms.